The molecule has 0 aliphatic carbocycles. The largest absolute Gasteiger partial charge is 0.445 e. The van der Waals surface area contributed by atoms with Crippen molar-refractivity contribution in [2.75, 3.05) is 6.54 Å². The molecule has 0 atom stereocenters. The molecule has 120 valence electrons. The maximum atomic E-state index is 11.6. The highest BCUT2D eigenvalue weighted by atomic mass is 35.5. The number of hydrogen-bond donors (Lipinski definition) is 2. The molecule has 5 heteroatoms. The number of amides is 1. The third-order valence-electron chi connectivity index (χ3n) is 3.15. The van der Waals surface area contributed by atoms with Crippen LogP contribution in [-0.2, 0) is 18.0 Å². The summed E-state index contributed by atoms with van der Waals surface area (Å²) < 4.78 is 5.10. The lowest BCUT2D eigenvalue weighted by atomic mass is 10.1. The van der Waals surface area contributed by atoms with Crippen LogP contribution in [0, 0.1) is 0 Å². The minimum absolute atomic E-state index is 0.0905. The lowest BCUT2D eigenvalue weighted by molar-refractivity contribution is 0.141. The summed E-state index contributed by atoms with van der Waals surface area (Å²) in [5, 5.41) is 12.5. The number of ether oxygens (including phenoxy) is 1. The number of halogens is 1. The summed E-state index contributed by atoms with van der Waals surface area (Å²) in [6.07, 6.45) is 3.13. The molecule has 2 aromatic carbocycles. The first kappa shape index (κ1) is 17.1. The fourth-order valence-corrected chi connectivity index (χ4v) is 2.17. The predicted octanol–water partition coefficient (Wildman–Crippen LogP) is 3.77. The Morgan fingerprint density at radius 2 is 2.00 bits per heavy atom. The van der Waals surface area contributed by atoms with Gasteiger partial charge in [0.2, 0.25) is 0 Å². The number of nitrogens with one attached hydrogen (secondary N) is 1. The van der Waals surface area contributed by atoms with Crippen molar-refractivity contribution >= 4 is 23.8 Å². The molecule has 0 aliphatic heterocycles. The minimum atomic E-state index is -0.475. The second-order valence-corrected chi connectivity index (χ2v) is 5.28. The van der Waals surface area contributed by atoms with Gasteiger partial charge in [0.15, 0.2) is 0 Å². The monoisotopic (exact) mass is 331 g/mol. The zero-order valence-corrected chi connectivity index (χ0v) is 13.3. The fourth-order valence-electron chi connectivity index (χ4n) is 1.98. The summed E-state index contributed by atoms with van der Waals surface area (Å²) in [4.78, 5) is 11.6. The number of carbonyl (C=O) groups is 1. The summed E-state index contributed by atoms with van der Waals surface area (Å²) >= 11 is 5.88. The first-order chi connectivity index (χ1) is 11.2. The molecular formula is C18H18ClNO3. The molecule has 1 amide bonds. The van der Waals surface area contributed by atoms with Crippen LogP contribution in [-0.4, -0.2) is 17.7 Å². The van der Waals surface area contributed by atoms with E-state index < -0.39 is 6.09 Å². The van der Waals surface area contributed by atoms with Crippen molar-refractivity contribution in [3.05, 3.63) is 76.3 Å². The molecular weight excluding hydrogens is 314 g/mol. The van der Waals surface area contributed by atoms with Gasteiger partial charge < -0.3 is 15.2 Å². The molecule has 2 rings (SSSR count). The van der Waals surface area contributed by atoms with E-state index in [4.69, 9.17) is 16.3 Å². The normalized spacial score (nSPS) is 10.7. The summed E-state index contributed by atoms with van der Waals surface area (Å²) in [6.45, 7) is 0.482. The average molecular weight is 332 g/mol. The molecule has 2 aromatic rings. The van der Waals surface area contributed by atoms with Gasteiger partial charge in [-0.2, -0.15) is 0 Å². The average Bonchev–Trinajstić information content (AvgIpc) is 2.58. The Hall–Kier alpha value is -2.30. The molecule has 0 unspecified atom stereocenters. The smallest absolute Gasteiger partial charge is 0.407 e. The van der Waals surface area contributed by atoms with Gasteiger partial charge in [0, 0.05) is 11.6 Å². The van der Waals surface area contributed by atoms with Crippen LogP contribution in [0.2, 0.25) is 5.02 Å². The molecule has 0 bridgehead atoms. The van der Waals surface area contributed by atoms with Crippen molar-refractivity contribution < 1.29 is 14.6 Å². The van der Waals surface area contributed by atoms with Gasteiger partial charge in [-0.1, -0.05) is 60.2 Å². The van der Waals surface area contributed by atoms with E-state index in [2.05, 4.69) is 5.32 Å². The fraction of sp³-hybridized carbons (Fsp3) is 0.167. The Morgan fingerprint density at radius 3 is 2.74 bits per heavy atom. The second kappa shape index (κ2) is 8.98. The lowest BCUT2D eigenvalue weighted by Crippen LogP contribution is -2.24. The van der Waals surface area contributed by atoms with Crippen molar-refractivity contribution in [1.29, 1.82) is 0 Å². The Morgan fingerprint density at radius 1 is 1.22 bits per heavy atom. The lowest BCUT2D eigenvalue weighted by Gasteiger charge is -2.06. The highest BCUT2D eigenvalue weighted by Crippen LogP contribution is 2.17. The standard InChI is InChI=1S/C18H18ClNO3/c19-17-9-8-15(16(11-17)12-21)7-4-10-20-18(22)23-13-14-5-2-1-3-6-14/h1-9,11,21H,10,12-13H2,(H,20,22). The SMILES string of the molecule is O=C(NCC=Cc1ccc(Cl)cc1CO)OCc1ccccc1. The zero-order valence-electron chi connectivity index (χ0n) is 12.5. The highest BCUT2D eigenvalue weighted by molar-refractivity contribution is 6.30. The van der Waals surface area contributed by atoms with Crippen LogP contribution in [0.25, 0.3) is 6.08 Å². The molecule has 0 radical (unpaired) electrons. The molecule has 0 heterocycles. The first-order valence-corrected chi connectivity index (χ1v) is 7.57. The zero-order chi connectivity index (χ0) is 16.5. The molecule has 0 saturated heterocycles. The number of rotatable bonds is 6. The van der Waals surface area contributed by atoms with Gasteiger partial charge in [-0.3, -0.25) is 0 Å². The van der Waals surface area contributed by atoms with E-state index in [1.165, 1.54) is 0 Å². The molecule has 0 aliphatic rings. The number of benzene rings is 2. The van der Waals surface area contributed by atoms with Crippen molar-refractivity contribution in [2.45, 2.75) is 13.2 Å². The van der Waals surface area contributed by atoms with E-state index in [0.29, 0.717) is 11.6 Å². The Kier molecular flexibility index (Phi) is 6.66. The van der Waals surface area contributed by atoms with Gasteiger partial charge in [0.05, 0.1) is 6.61 Å². The summed E-state index contributed by atoms with van der Waals surface area (Å²) in [5.41, 5.74) is 2.53. The number of alkyl carbamates (subject to hydrolysis) is 1. The van der Waals surface area contributed by atoms with Crippen molar-refractivity contribution in [2.24, 2.45) is 0 Å². The van der Waals surface area contributed by atoms with Crippen LogP contribution in [0.5, 0.6) is 0 Å². The van der Waals surface area contributed by atoms with E-state index in [-0.39, 0.29) is 13.2 Å². The Balaban J connectivity index is 1.77. The van der Waals surface area contributed by atoms with Gasteiger partial charge in [0.25, 0.3) is 0 Å². The van der Waals surface area contributed by atoms with Crippen LogP contribution in [0.1, 0.15) is 16.7 Å². The number of aliphatic hydroxyl groups excluding tert-OH is 1. The van der Waals surface area contributed by atoms with E-state index in [9.17, 15) is 9.90 Å². The van der Waals surface area contributed by atoms with E-state index in [1.54, 1.807) is 18.2 Å². The molecule has 0 fully saturated rings. The first-order valence-electron chi connectivity index (χ1n) is 7.19. The predicted molar refractivity (Wildman–Crippen MR) is 91.0 cm³/mol. The van der Waals surface area contributed by atoms with Gasteiger partial charge in [-0.25, -0.2) is 4.79 Å². The maximum Gasteiger partial charge on any atom is 0.407 e. The third kappa shape index (κ3) is 5.77. The summed E-state index contributed by atoms with van der Waals surface area (Å²) in [5.74, 6) is 0. The topological polar surface area (TPSA) is 58.6 Å². The number of aliphatic hydroxyl groups is 1. The molecule has 0 spiro atoms. The molecule has 23 heavy (non-hydrogen) atoms. The minimum Gasteiger partial charge on any atom is -0.445 e. The molecule has 4 nitrogen and oxygen atoms in total. The van der Waals surface area contributed by atoms with Crippen LogP contribution in [0.3, 0.4) is 0 Å². The van der Waals surface area contributed by atoms with Crippen LogP contribution >= 0.6 is 11.6 Å². The summed E-state index contributed by atoms with van der Waals surface area (Å²) in [6, 6.07) is 14.8. The van der Waals surface area contributed by atoms with Crippen LogP contribution in [0.4, 0.5) is 4.79 Å². The number of carbonyl (C=O) groups excluding carboxylic acids is 1. The third-order valence-corrected chi connectivity index (χ3v) is 3.38. The van der Waals surface area contributed by atoms with Crippen LogP contribution in [0.15, 0.2) is 54.6 Å². The quantitative estimate of drug-likeness (QED) is 0.847. The Labute approximate surface area is 140 Å². The molecule has 2 N–H and O–H groups in total. The van der Waals surface area contributed by atoms with Gasteiger partial charge in [-0.15, -0.1) is 0 Å². The van der Waals surface area contributed by atoms with Crippen molar-refractivity contribution in [3.63, 3.8) is 0 Å². The Bertz CT molecular complexity index is 671. The van der Waals surface area contributed by atoms with Gasteiger partial charge in [0.1, 0.15) is 6.61 Å². The van der Waals surface area contributed by atoms with Crippen LogP contribution < -0.4 is 5.32 Å². The van der Waals surface area contributed by atoms with Gasteiger partial charge >= 0.3 is 6.09 Å². The van der Waals surface area contributed by atoms with E-state index in [0.717, 1.165) is 16.7 Å². The molecule has 0 saturated carbocycles. The highest BCUT2D eigenvalue weighted by Gasteiger charge is 2.01. The van der Waals surface area contributed by atoms with E-state index >= 15 is 0 Å². The van der Waals surface area contributed by atoms with Crippen molar-refractivity contribution in [3.8, 4) is 0 Å². The van der Waals surface area contributed by atoms with Crippen molar-refractivity contribution in [1.82, 2.24) is 5.32 Å². The maximum absolute atomic E-state index is 11.6. The van der Waals surface area contributed by atoms with Gasteiger partial charge in [-0.05, 0) is 28.8 Å². The van der Waals surface area contributed by atoms with E-state index in [1.807, 2.05) is 42.5 Å². The number of hydrogen-bond acceptors (Lipinski definition) is 3. The second-order valence-electron chi connectivity index (χ2n) is 4.85. The summed E-state index contributed by atoms with van der Waals surface area (Å²) in [7, 11) is 0. The molecule has 0 aromatic heterocycles.